The zero-order chi connectivity index (χ0) is 11.7. The number of quaternary nitrogens is 2. The van der Waals surface area contributed by atoms with Gasteiger partial charge in [0.15, 0.2) is 0 Å². The summed E-state index contributed by atoms with van der Waals surface area (Å²) in [6, 6.07) is 8.21. The Balaban J connectivity index is 2.64. The van der Waals surface area contributed by atoms with Crippen molar-refractivity contribution in [1.29, 1.82) is 0 Å². The van der Waals surface area contributed by atoms with Crippen molar-refractivity contribution >= 4 is 38.6 Å². The molecular formula is C11H14BrN3S+2. The Hall–Kier alpha value is -0.620. The summed E-state index contributed by atoms with van der Waals surface area (Å²) >= 11 is 5.15. The topological polar surface area (TPSA) is 68.2 Å². The lowest BCUT2D eigenvalue weighted by Crippen LogP contribution is -2.82. The number of aryl methyl sites for hydroxylation is 1. The number of thioether (sulfide) groups is 1. The number of benzene rings is 1. The van der Waals surface area contributed by atoms with Gasteiger partial charge in [0.1, 0.15) is 0 Å². The Bertz CT molecular complexity index is 528. The van der Waals surface area contributed by atoms with Crippen LogP contribution in [0.1, 0.15) is 5.69 Å². The fourth-order valence-electron chi connectivity index (χ4n) is 1.57. The van der Waals surface area contributed by atoms with Crippen LogP contribution in [0.4, 0.5) is 0 Å². The van der Waals surface area contributed by atoms with E-state index in [1.807, 2.05) is 19.1 Å². The highest BCUT2D eigenvalue weighted by molar-refractivity contribution is 9.10. The summed E-state index contributed by atoms with van der Waals surface area (Å²) in [5.41, 5.74) is 9.96. The summed E-state index contributed by atoms with van der Waals surface area (Å²) in [6.07, 6.45) is 0. The number of hydrogen-bond donors (Lipinski definition) is 2. The second-order valence-corrected chi connectivity index (χ2v) is 5.92. The van der Waals surface area contributed by atoms with E-state index in [0.717, 1.165) is 21.1 Å². The first-order valence-electron chi connectivity index (χ1n) is 4.96. The first-order chi connectivity index (χ1) is 7.56. The molecule has 84 valence electrons. The standard InChI is InChI=1S/C11H12BrN3S/c1-6-4-10(16-11(13)14)8-5-7(12)2-3-9(8)15-6/h2-5,11H,13-14H2,1H3/p+2. The highest BCUT2D eigenvalue weighted by Gasteiger charge is 2.10. The Morgan fingerprint density at radius 3 is 2.75 bits per heavy atom. The van der Waals surface area contributed by atoms with Gasteiger partial charge in [-0.05, 0) is 31.2 Å². The molecule has 1 heterocycles. The van der Waals surface area contributed by atoms with Crippen LogP contribution in [0.25, 0.3) is 10.9 Å². The Morgan fingerprint density at radius 1 is 1.31 bits per heavy atom. The van der Waals surface area contributed by atoms with Crippen molar-refractivity contribution in [2.75, 3.05) is 0 Å². The predicted molar refractivity (Wildman–Crippen MR) is 69.6 cm³/mol. The molecular weight excluding hydrogens is 286 g/mol. The molecule has 0 unspecified atom stereocenters. The maximum Gasteiger partial charge on any atom is 0.260 e. The average Bonchev–Trinajstić information content (AvgIpc) is 2.18. The molecule has 0 radical (unpaired) electrons. The first-order valence-corrected chi connectivity index (χ1v) is 6.63. The second kappa shape index (κ2) is 4.71. The van der Waals surface area contributed by atoms with Gasteiger partial charge in [0.25, 0.3) is 5.50 Å². The Kier molecular flexibility index (Phi) is 3.49. The fraction of sp³-hybridized carbons (Fsp3) is 0.182. The molecule has 0 atom stereocenters. The van der Waals surface area contributed by atoms with Crippen molar-refractivity contribution in [3.63, 3.8) is 0 Å². The largest absolute Gasteiger partial charge is 0.299 e. The lowest BCUT2D eigenvalue weighted by molar-refractivity contribution is -0.619. The third-order valence-electron chi connectivity index (χ3n) is 2.15. The minimum Gasteiger partial charge on any atom is -0.299 e. The molecule has 0 aliphatic carbocycles. The van der Waals surface area contributed by atoms with Gasteiger partial charge in [-0.3, -0.25) is 16.5 Å². The van der Waals surface area contributed by atoms with Gasteiger partial charge in [-0.2, -0.15) is 0 Å². The highest BCUT2D eigenvalue weighted by Crippen LogP contribution is 2.29. The number of halogens is 1. The lowest BCUT2D eigenvalue weighted by atomic mass is 10.2. The van der Waals surface area contributed by atoms with Crippen molar-refractivity contribution in [3.8, 4) is 0 Å². The summed E-state index contributed by atoms with van der Waals surface area (Å²) in [5.74, 6) is 0. The maximum atomic E-state index is 4.51. The molecule has 2 aromatic rings. The average molecular weight is 300 g/mol. The molecule has 3 nitrogen and oxygen atoms in total. The third kappa shape index (κ3) is 2.55. The summed E-state index contributed by atoms with van der Waals surface area (Å²) in [4.78, 5) is 5.70. The summed E-state index contributed by atoms with van der Waals surface area (Å²) in [7, 11) is 0. The van der Waals surface area contributed by atoms with Crippen LogP contribution in [0.15, 0.2) is 33.6 Å². The predicted octanol–water partition coefficient (Wildman–Crippen LogP) is 1.17. The number of rotatable bonds is 2. The van der Waals surface area contributed by atoms with Crippen LogP contribution < -0.4 is 11.5 Å². The van der Waals surface area contributed by atoms with Crippen LogP contribution in [0.5, 0.6) is 0 Å². The molecule has 0 bridgehead atoms. The summed E-state index contributed by atoms with van der Waals surface area (Å²) in [5, 5.41) is 1.15. The Labute approximate surface area is 107 Å². The summed E-state index contributed by atoms with van der Waals surface area (Å²) < 4.78 is 1.07. The number of pyridine rings is 1. The van der Waals surface area contributed by atoms with Crippen molar-refractivity contribution < 1.29 is 11.5 Å². The third-order valence-corrected chi connectivity index (χ3v) is 3.57. The lowest BCUT2D eigenvalue weighted by Gasteiger charge is -2.07. The Morgan fingerprint density at radius 2 is 2.06 bits per heavy atom. The molecule has 0 aliphatic heterocycles. The van der Waals surface area contributed by atoms with Gasteiger partial charge < -0.3 is 0 Å². The van der Waals surface area contributed by atoms with Gasteiger partial charge in [0.2, 0.25) is 0 Å². The molecule has 16 heavy (non-hydrogen) atoms. The summed E-state index contributed by atoms with van der Waals surface area (Å²) in [6.45, 7) is 2.01. The molecule has 1 aromatic heterocycles. The number of fused-ring (bicyclic) bond motifs is 1. The van der Waals surface area contributed by atoms with Gasteiger partial charge in [0, 0.05) is 32.2 Å². The quantitative estimate of drug-likeness (QED) is 0.645. The fourth-order valence-corrected chi connectivity index (χ4v) is 2.82. The molecule has 1 aromatic carbocycles. The van der Waals surface area contributed by atoms with E-state index in [1.54, 1.807) is 11.8 Å². The van der Waals surface area contributed by atoms with Crippen LogP contribution >= 0.6 is 27.7 Å². The molecule has 0 saturated carbocycles. The van der Waals surface area contributed by atoms with Crippen LogP contribution in [0.3, 0.4) is 0 Å². The molecule has 2 rings (SSSR count). The highest BCUT2D eigenvalue weighted by atomic mass is 79.9. The number of aromatic nitrogens is 1. The van der Waals surface area contributed by atoms with Gasteiger partial charge in [-0.25, -0.2) is 0 Å². The van der Waals surface area contributed by atoms with E-state index in [0.29, 0.717) is 0 Å². The normalized spacial score (nSPS) is 11.3. The zero-order valence-electron chi connectivity index (χ0n) is 9.03. The first kappa shape index (κ1) is 11.9. The van der Waals surface area contributed by atoms with Crippen molar-refractivity contribution in [3.05, 3.63) is 34.4 Å². The monoisotopic (exact) mass is 299 g/mol. The number of hydrogen-bond acceptors (Lipinski definition) is 2. The van der Waals surface area contributed by atoms with E-state index in [9.17, 15) is 0 Å². The second-order valence-electron chi connectivity index (χ2n) is 3.66. The van der Waals surface area contributed by atoms with Crippen LogP contribution in [0, 0.1) is 6.92 Å². The van der Waals surface area contributed by atoms with Crippen LogP contribution in [-0.4, -0.2) is 10.5 Å². The van der Waals surface area contributed by atoms with Crippen LogP contribution in [-0.2, 0) is 0 Å². The van der Waals surface area contributed by atoms with E-state index in [1.165, 1.54) is 4.90 Å². The van der Waals surface area contributed by atoms with Gasteiger partial charge >= 0.3 is 0 Å². The zero-order valence-corrected chi connectivity index (χ0v) is 11.4. The van der Waals surface area contributed by atoms with E-state index in [2.05, 4.69) is 44.5 Å². The maximum absolute atomic E-state index is 4.51. The molecule has 0 aliphatic rings. The van der Waals surface area contributed by atoms with Crippen molar-refractivity contribution in [2.24, 2.45) is 0 Å². The van der Waals surface area contributed by atoms with Gasteiger partial charge in [0.05, 0.1) is 5.52 Å². The minimum absolute atomic E-state index is 0.0870. The van der Waals surface area contributed by atoms with E-state index < -0.39 is 0 Å². The molecule has 0 spiro atoms. The van der Waals surface area contributed by atoms with Crippen molar-refractivity contribution in [1.82, 2.24) is 4.98 Å². The minimum atomic E-state index is 0.0870. The van der Waals surface area contributed by atoms with E-state index >= 15 is 0 Å². The smallest absolute Gasteiger partial charge is 0.260 e. The van der Waals surface area contributed by atoms with Gasteiger partial charge in [-0.15, -0.1) is 0 Å². The molecule has 6 N–H and O–H groups in total. The molecule has 0 saturated heterocycles. The molecule has 0 amide bonds. The van der Waals surface area contributed by atoms with E-state index in [4.69, 9.17) is 0 Å². The number of nitrogens with zero attached hydrogens (tertiary/aromatic N) is 1. The molecule has 5 heteroatoms. The van der Waals surface area contributed by atoms with Crippen molar-refractivity contribution in [2.45, 2.75) is 17.3 Å². The van der Waals surface area contributed by atoms with E-state index in [-0.39, 0.29) is 5.50 Å². The SMILES string of the molecule is Cc1cc(SC([NH3+])[NH3+])c2cc(Br)ccc2n1. The van der Waals surface area contributed by atoms with Gasteiger partial charge in [-0.1, -0.05) is 15.9 Å². The van der Waals surface area contributed by atoms with Crippen LogP contribution in [0.2, 0.25) is 0 Å². The molecule has 0 fully saturated rings.